The van der Waals surface area contributed by atoms with Crippen molar-refractivity contribution < 1.29 is 9.53 Å². The quantitative estimate of drug-likeness (QED) is 0.700. The Morgan fingerprint density at radius 2 is 2.08 bits per heavy atom. The Balaban J connectivity index is 1.54. The van der Waals surface area contributed by atoms with E-state index in [1.807, 2.05) is 37.4 Å². The fraction of sp³-hybridized carbons (Fsp3) is 0.211. The molecular weight excluding hydrogens is 316 g/mol. The van der Waals surface area contributed by atoms with Gasteiger partial charge in [-0.25, -0.2) is 4.68 Å². The molecule has 0 unspecified atom stereocenters. The van der Waals surface area contributed by atoms with E-state index in [2.05, 4.69) is 21.5 Å². The second-order valence-electron chi connectivity index (χ2n) is 5.56. The molecule has 0 aliphatic carbocycles. The Morgan fingerprint density at radius 3 is 2.84 bits per heavy atom. The molecule has 1 aromatic heterocycles. The fourth-order valence-electron chi connectivity index (χ4n) is 2.48. The number of carbonyl (C=O) groups excluding carboxylic acids is 1. The van der Waals surface area contributed by atoms with Gasteiger partial charge in [0.1, 0.15) is 17.9 Å². The van der Waals surface area contributed by atoms with Crippen LogP contribution in [0.4, 0.5) is 0 Å². The minimum atomic E-state index is -0.124. The van der Waals surface area contributed by atoms with Gasteiger partial charge in [-0.2, -0.15) is 0 Å². The maximum atomic E-state index is 12.3. The number of rotatable bonds is 6. The summed E-state index contributed by atoms with van der Waals surface area (Å²) in [5, 5.41) is 10.9. The van der Waals surface area contributed by atoms with Gasteiger partial charge in [0.2, 0.25) is 0 Å². The van der Waals surface area contributed by atoms with E-state index in [1.165, 1.54) is 0 Å². The molecular formula is C19H18N4O2. The van der Waals surface area contributed by atoms with E-state index < -0.39 is 0 Å². The summed E-state index contributed by atoms with van der Waals surface area (Å²) in [6.45, 7) is 0.799. The molecule has 1 heterocycles. The maximum Gasteiger partial charge on any atom is 0.251 e. The lowest BCUT2D eigenvalue weighted by Crippen LogP contribution is -2.25. The minimum absolute atomic E-state index is 0.124. The number of terminal acetylenes is 1. The van der Waals surface area contributed by atoms with E-state index in [0.717, 1.165) is 23.3 Å². The first-order chi connectivity index (χ1) is 12.2. The summed E-state index contributed by atoms with van der Waals surface area (Å²) in [6.07, 6.45) is 5.89. The predicted molar refractivity (Wildman–Crippen MR) is 95.3 cm³/mol. The zero-order valence-electron chi connectivity index (χ0n) is 13.9. The van der Waals surface area contributed by atoms with Crippen LogP contribution in [0.15, 0.2) is 42.5 Å². The van der Waals surface area contributed by atoms with Gasteiger partial charge >= 0.3 is 0 Å². The molecule has 6 nitrogen and oxygen atoms in total. The van der Waals surface area contributed by atoms with Gasteiger partial charge in [-0.3, -0.25) is 4.79 Å². The number of ether oxygens (including phenoxy) is 1. The Hall–Kier alpha value is -3.33. The van der Waals surface area contributed by atoms with Crippen LogP contribution in [-0.4, -0.2) is 34.1 Å². The highest BCUT2D eigenvalue weighted by Gasteiger charge is 2.08. The standard InChI is InChI=1S/C19H18N4O2/c1-3-12-25-16-7-4-14(5-8-16)10-11-20-19(24)15-6-9-18-17(13-15)21-22-23(18)2/h1,4-9,13H,10-12H2,2H3,(H,20,24). The van der Waals surface area contributed by atoms with Crippen LogP contribution in [0.2, 0.25) is 0 Å². The number of carbonyl (C=O) groups is 1. The van der Waals surface area contributed by atoms with E-state index >= 15 is 0 Å². The zero-order valence-corrected chi connectivity index (χ0v) is 13.9. The predicted octanol–water partition coefficient (Wildman–Crippen LogP) is 1.95. The maximum absolute atomic E-state index is 12.3. The van der Waals surface area contributed by atoms with Gasteiger partial charge in [0.15, 0.2) is 0 Å². The molecule has 3 aromatic rings. The summed E-state index contributed by atoms with van der Waals surface area (Å²) < 4.78 is 7.00. The molecule has 2 aromatic carbocycles. The van der Waals surface area contributed by atoms with Gasteiger partial charge in [-0.1, -0.05) is 23.3 Å². The molecule has 0 bridgehead atoms. The van der Waals surface area contributed by atoms with Gasteiger partial charge in [-0.05, 0) is 42.3 Å². The lowest BCUT2D eigenvalue weighted by atomic mass is 10.1. The van der Waals surface area contributed by atoms with Crippen LogP contribution in [0.1, 0.15) is 15.9 Å². The van der Waals surface area contributed by atoms with Crippen molar-refractivity contribution in [1.29, 1.82) is 0 Å². The van der Waals surface area contributed by atoms with Crippen LogP contribution in [0, 0.1) is 12.3 Å². The number of nitrogens with zero attached hydrogens (tertiary/aromatic N) is 3. The molecule has 0 aliphatic rings. The molecule has 0 saturated carbocycles. The topological polar surface area (TPSA) is 69.0 Å². The first-order valence-electron chi connectivity index (χ1n) is 7.90. The summed E-state index contributed by atoms with van der Waals surface area (Å²) >= 11 is 0. The minimum Gasteiger partial charge on any atom is -0.481 e. The van der Waals surface area contributed by atoms with Crippen LogP contribution in [0.5, 0.6) is 5.75 Å². The number of aryl methyl sites for hydroxylation is 1. The molecule has 6 heteroatoms. The van der Waals surface area contributed by atoms with Crippen LogP contribution in [0.25, 0.3) is 11.0 Å². The zero-order chi connectivity index (χ0) is 17.6. The molecule has 126 valence electrons. The summed E-state index contributed by atoms with van der Waals surface area (Å²) in [5.41, 5.74) is 3.28. The second kappa shape index (κ2) is 7.49. The lowest BCUT2D eigenvalue weighted by molar-refractivity contribution is 0.0954. The number of benzene rings is 2. The number of hydrogen-bond donors (Lipinski definition) is 1. The van der Waals surface area contributed by atoms with Gasteiger partial charge < -0.3 is 10.1 Å². The van der Waals surface area contributed by atoms with E-state index in [0.29, 0.717) is 17.6 Å². The molecule has 0 atom stereocenters. The molecule has 25 heavy (non-hydrogen) atoms. The number of hydrogen-bond acceptors (Lipinski definition) is 4. The van der Waals surface area contributed by atoms with Gasteiger partial charge in [0.25, 0.3) is 5.91 Å². The molecule has 1 amide bonds. The van der Waals surface area contributed by atoms with Crippen molar-refractivity contribution in [3.63, 3.8) is 0 Å². The summed E-state index contributed by atoms with van der Waals surface area (Å²) in [6, 6.07) is 13.0. The second-order valence-corrected chi connectivity index (χ2v) is 5.56. The molecule has 0 saturated heterocycles. The molecule has 0 radical (unpaired) electrons. The Morgan fingerprint density at radius 1 is 1.28 bits per heavy atom. The van der Waals surface area contributed by atoms with Crippen molar-refractivity contribution in [3.8, 4) is 18.1 Å². The summed E-state index contributed by atoms with van der Waals surface area (Å²) in [7, 11) is 1.82. The van der Waals surface area contributed by atoms with Crippen molar-refractivity contribution >= 4 is 16.9 Å². The van der Waals surface area contributed by atoms with Gasteiger partial charge in [-0.15, -0.1) is 11.5 Å². The SMILES string of the molecule is C#CCOc1ccc(CCNC(=O)c2ccc3c(c2)nnn3C)cc1. The van der Waals surface area contributed by atoms with Crippen molar-refractivity contribution in [2.75, 3.05) is 13.2 Å². The van der Waals surface area contributed by atoms with E-state index in [9.17, 15) is 4.79 Å². The fourth-order valence-corrected chi connectivity index (χ4v) is 2.48. The van der Waals surface area contributed by atoms with Crippen LogP contribution >= 0.6 is 0 Å². The monoisotopic (exact) mass is 334 g/mol. The lowest BCUT2D eigenvalue weighted by Gasteiger charge is -2.07. The highest BCUT2D eigenvalue weighted by molar-refractivity contribution is 5.97. The Kier molecular flexibility index (Phi) is 4.95. The first-order valence-corrected chi connectivity index (χ1v) is 7.90. The number of fused-ring (bicyclic) bond motifs is 1. The van der Waals surface area contributed by atoms with Crippen molar-refractivity contribution in [3.05, 3.63) is 53.6 Å². The van der Waals surface area contributed by atoms with Crippen LogP contribution < -0.4 is 10.1 Å². The summed E-state index contributed by atoms with van der Waals surface area (Å²) in [4.78, 5) is 12.3. The summed E-state index contributed by atoms with van der Waals surface area (Å²) in [5.74, 6) is 3.04. The van der Waals surface area contributed by atoms with Crippen LogP contribution in [0.3, 0.4) is 0 Å². The Labute approximate surface area is 145 Å². The van der Waals surface area contributed by atoms with Crippen molar-refractivity contribution in [1.82, 2.24) is 20.3 Å². The average Bonchev–Trinajstić information content (AvgIpc) is 3.01. The van der Waals surface area contributed by atoms with Crippen LogP contribution in [-0.2, 0) is 13.5 Å². The average molecular weight is 334 g/mol. The molecule has 0 spiro atoms. The third kappa shape index (κ3) is 3.96. The number of nitrogens with one attached hydrogen (secondary N) is 1. The van der Waals surface area contributed by atoms with Crippen molar-refractivity contribution in [2.45, 2.75) is 6.42 Å². The van der Waals surface area contributed by atoms with E-state index in [1.54, 1.807) is 16.8 Å². The van der Waals surface area contributed by atoms with Crippen molar-refractivity contribution in [2.24, 2.45) is 7.05 Å². The molecule has 0 fully saturated rings. The van der Waals surface area contributed by atoms with Gasteiger partial charge in [0, 0.05) is 19.2 Å². The molecule has 0 aliphatic heterocycles. The number of aromatic nitrogens is 3. The molecule has 3 rings (SSSR count). The number of amides is 1. The highest BCUT2D eigenvalue weighted by atomic mass is 16.5. The largest absolute Gasteiger partial charge is 0.481 e. The Bertz CT molecular complexity index is 923. The first kappa shape index (κ1) is 16.5. The van der Waals surface area contributed by atoms with E-state index in [4.69, 9.17) is 11.2 Å². The van der Waals surface area contributed by atoms with E-state index in [-0.39, 0.29) is 12.5 Å². The highest BCUT2D eigenvalue weighted by Crippen LogP contribution is 2.13. The smallest absolute Gasteiger partial charge is 0.251 e. The third-order valence-corrected chi connectivity index (χ3v) is 3.82. The molecule has 1 N–H and O–H groups in total. The normalized spacial score (nSPS) is 10.4. The third-order valence-electron chi connectivity index (χ3n) is 3.82. The van der Waals surface area contributed by atoms with Gasteiger partial charge in [0.05, 0.1) is 5.52 Å².